The third kappa shape index (κ3) is 4.70. The first-order chi connectivity index (χ1) is 14.1. The summed E-state index contributed by atoms with van der Waals surface area (Å²) in [6.45, 7) is 0. The van der Waals surface area contributed by atoms with Crippen molar-refractivity contribution in [2.24, 2.45) is 0 Å². The molecule has 5 nitrogen and oxygen atoms in total. The molecular formula is C19H11Cl3F3N5. The number of hydrogen-bond donors (Lipinski definition) is 1. The average Bonchev–Trinajstić information content (AvgIpc) is 3.11. The predicted molar refractivity (Wildman–Crippen MR) is 110 cm³/mol. The SMILES string of the molecule is N#Cc1cc(/C=C/C(c2cc(Cl)c(Cl)c(Cl)c2)C(F)(F)F)ccc1-n1cnc(N)n1. The van der Waals surface area contributed by atoms with E-state index in [1.807, 2.05) is 6.07 Å². The average molecular weight is 473 g/mol. The molecule has 1 unspecified atom stereocenters. The van der Waals surface area contributed by atoms with Crippen LogP contribution in [0.3, 0.4) is 0 Å². The van der Waals surface area contributed by atoms with E-state index < -0.39 is 12.1 Å². The highest BCUT2D eigenvalue weighted by Crippen LogP contribution is 2.41. The maximum absolute atomic E-state index is 13.7. The second-order valence-corrected chi connectivity index (χ2v) is 7.31. The Labute approximate surface area is 184 Å². The number of nitrogen functional groups attached to an aromatic ring is 1. The van der Waals surface area contributed by atoms with Gasteiger partial charge in [0.05, 0.1) is 32.2 Å². The first-order valence-corrected chi connectivity index (χ1v) is 9.34. The van der Waals surface area contributed by atoms with Gasteiger partial charge in [-0.15, -0.1) is 5.10 Å². The van der Waals surface area contributed by atoms with E-state index in [0.717, 1.165) is 18.2 Å². The highest BCUT2D eigenvalue weighted by molar-refractivity contribution is 6.48. The minimum Gasteiger partial charge on any atom is -0.366 e. The van der Waals surface area contributed by atoms with Crippen molar-refractivity contribution < 1.29 is 13.2 Å². The van der Waals surface area contributed by atoms with E-state index in [-0.39, 0.29) is 32.1 Å². The minimum atomic E-state index is -4.60. The summed E-state index contributed by atoms with van der Waals surface area (Å²) >= 11 is 17.6. The van der Waals surface area contributed by atoms with Crippen LogP contribution in [-0.4, -0.2) is 20.9 Å². The van der Waals surface area contributed by atoms with Crippen LogP contribution in [0.2, 0.25) is 15.1 Å². The van der Waals surface area contributed by atoms with Crippen molar-refractivity contribution in [2.45, 2.75) is 12.1 Å². The smallest absolute Gasteiger partial charge is 0.366 e. The molecule has 0 aliphatic heterocycles. The van der Waals surface area contributed by atoms with Gasteiger partial charge in [-0.1, -0.05) is 53.0 Å². The van der Waals surface area contributed by atoms with Gasteiger partial charge in [0.15, 0.2) is 0 Å². The Morgan fingerprint density at radius 3 is 2.33 bits per heavy atom. The highest BCUT2D eigenvalue weighted by Gasteiger charge is 2.39. The number of nitrogens with zero attached hydrogens (tertiary/aromatic N) is 4. The summed E-state index contributed by atoms with van der Waals surface area (Å²) < 4.78 is 42.3. The fourth-order valence-corrected chi connectivity index (χ4v) is 3.32. The molecule has 1 heterocycles. The monoisotopic (exact) mass is 471 g/mol. The van der Waals surface area contributed by atoms with Gasteiger partial charge in [0, 0.05) is 0 Å². The second-order valence-electron chi connectivity index (χ2n) is 6.11. The molecule has 0 saturated heterocycles. The lowest BCUT2D eigenvalue weighted by Gasteiger charge is -2.18. The van der Waals surface area contributed by atoms with Crippen LogP contribution in [0.4, 0.5) is 19.1 Å². The van der Waals surface area contributed by atoms with Gasteiger partial charge in [-0.2, -0.15) is 18.4 Å². The van der Waals surface area contributed by atoms with E-state index >= 15 is 0 Å². The summed E-state index contributed by atoms with van der Waals surface area (Å²) in [5.41, 5.74) is 6.27. The van der Waals surface area contributed by atoms with Crippen LogP contribution in [0, 0.1) is 11.3 Å². The molecule has 0 radical (unpaired) electrons. The van der Waals surface area contributed by atoms with Gasteiger partial charge in [-0.25, -0.2) is 9.67 Å². The fraction of sp³-hybridized carbons (Fsp3) is 0.105. The summed E-state index contributed by atoms with van der Waals surface area (Å²) in [5.74, 6) is -1.96. The molecule has 0 aliphatic carbocycles. The van der Waals surface area contributed by atoms with Crippen LogP contribution in [-0.2, 0) is 0 Å². The topological polar surface area (TPSA) is 80.5 Å². The van der Waals surface area contributed by atoms with Gasteiger partial charge in [-0.05, 0) is 35.4 Å². The van der Waals surface area contributed by atoms with Crippen molar-refractivity contribution in [3.8, 4) is 11.8 Å². The molecule has 2 aromatic carbocycles. The number of benzene rings is 2. The van der Waals surface area contributed by atoms with Crippen LogP contribution in [0.1, 0.15) is 22.6 Å². The second kappa shape index (κ2) is 8.56. The Kier molecular flexibility index (Phi) is 6.27. The summed E-state index contributed by atoms with van der Waals surface area (Å²) in [6, 6.07) is 8.73. The lowest BCUT2D eigenvalue weighted by molar-refractivity contribution is -0.139. The first kappa shape index (κ1) is 22.0. The van der Waals surface area contributed by atoms with Gasteiger partial charge >= 0.3 is 6.18 Å². The quantitative estimate of drug-likeness (QED) is 0.469. The molecule has 30 heavy (non-hydrogen) atoms. The van der Waals surface area contributed by atoms with E-state index in [1.54, 1.807) is 6.07 Å². The molecule has 154 valence electrons. The molecule has 0 aliphatic rings. The lowest BCUT2D eigenvalue weighted by atomic mass is 9.96. The molecule has 11 heteroatoms. The Bertz CT molecular complexity index is 1140. The Morgan fingerprint density at radius 2 is 1.80 bits per heavy atom. The third-order valence-corrected chi connectivity index (χ3v) is 5.29. The van der Waals surface area contributed by atoms with Gasteiger partial charge in [0.25, 0.3) is 0 Å². The zero-order chi connectivity index (χ0) is 22.1. The zero-order valence-electron chi connectivity index (χ0n) is 14.8. The van der Waals surface area contributed by atoms with E-state index in [0.29, 0.717) is 11.3 Å². The molecule has 1 atom stereocenters. The summed E-state index contributed by atoms with van der Waals surface area (Å²) in [6.07, 6.45) is -1.06. The van der Waals surface area contributed by atoms with Crippen molar-refractivity contribution in [3.63, 3.8) is 0 Å². The Morgan fingerprint density at radius 1 is 1.13 bits per heavy atom. The molecule has 0 spiro atoms. The molecule has 3 rings (SSSR count). The number of alkyl halides is 3. The number of rotatable bonds is 4. The molecule has 2 N–H and O–H groups in total. The predicted octanol–water partition coefficient (Wildman–Crippen LogP) is 6.04. The van der Waals surface area contributed by atoms with Crippen molar-refractivity contribution in [1.29, 1.82) is 5.26 Å². The van der Waals surface area contributed by atoms with Crippen molar-refractivity contribution >= 4 is 46.8 Å². The molecule has 0 bridgehead atoms. The van der Waals surface area contributed by atoms with Gasteiger partial charge in [-0.3, -0.25) is 0 Å². The number of anilines is 1. The van der Waals surface area contributed by atoms with Crippen LogP contribution in [0.15, 0.2) is 42.7 Å². The number of nitriles is 1. The van der Waals surface area contributed by atoms with Crippen LogP contribution in [0.5, 0.6) is 0 Å². The van der Waals surface area contributed by atoms with Crippen molar-refractivity contribution in [3.05, 3.63) is 74.5 Å². The summed E-state index contributed by atoms with van der Waals surface area (Å²) in [4.78, 5) is 3.78. The molecule has 0 fully saturated rings. The van der Waals surface area contributed by atoms with E-state index in [1.165, 1.54) is 29.2 Å². The maximum atomic E-state index is 13.7. The first-order valence-electron chi connectivity index (χ1n) is 8.21. The van der Waals surface area contributed by atoms with Crippen molar-refractivity contribution in [1.82, 2.24) is 14.8 Å². The summed E-state index contributed by atoms with van der Waals surface area (Å²) in [5, 5.41) is 13.1. The van der Waals surface area contributed by atoms with Gasteiger partial charge in [0.2, 0.25) is 5.95 Å². The Balaban J connectivity index is 1.98. The van der Waals surface area contributed by atoms with Crippen LogP contribution < -0.4 is 5.73 Å². The standard InChI is InChI=1S/C19H11Cl3F3N5/c20-14-6-11(7-15(21)17(14)22)13(19(23,24)25)3-1-10-2-4-16(12(5-10)8-26)30-9-28-18(27)29-30/h1-7,9,13H,(H2,27,29)/b3-1+. The number of halogens is 6. The summed E-state index contributed by atoms with van der Waals surface area (Å²) in [7, 11) is 0. The van der Waals surface area contributed by atoms with E-state index in [9.17, 15) is 18.4 Å². The molecule has 0 saturated carbocycles. The number of aromatic nitrogens is 3. The van der Waals surface area contributed by atoms with Crippen molar-refractivity contribution in [2.75, 3.05) is 5.73 Å². The fourth-order valence-electron chi connectivity index (χ4n) is 2.71. The normalized spacial score (nSPS) is 12.8. The van der Waals surface area contributed by atoms with Crippen LogP contribution >= 0.6 is 34.8 Å². The van der Waals surface area contributed by atoms with E-state index in [2.05, 4.69) is 10.1 Å². The van der Waals surface area contributed by atoms with Gasteiger partial charge < -0.3 is 5.73 Å². The van der Waals surface area contributed by atoms with Gasteiger partial charge in [0.1, 0.15) is 12.4 Å². The minimum absolute atomic E-state index is 0.0185. The number of nitrogens with two attached hydrogens (primary N) is 1. The molecule has 3 aromatic rings. The third-order valence-electron chi connectivity index (χ3n) is 4.10. The number of allylic oxidation sites excluding steroid dienone is 1. The number of hydrogen-bond acceptors (Lipinski definition) is 4. The molecule has 0 amide bonds. The lowest BCUT2D eigenvalue weighted by Crippen LogP contribution is -2.19. The Hall–Kier alpha value is -2.73. The zero-order valence-corrected chi connectivity index (χ0v) is 17.1. The molecule has 1 aromatic heterocycles. The highest BCUT2D eigenvalue weighted by atomic mass is 35.5. The van der Waals surface area contributed by atoms with Crippen LogP contribution in [0.25, 0.3) is 11.8 Å². The maximum Gasteiger partial charge on any atom is 0.399 e. The largest absolute Gasteiger partial charge is 0.399 e. The van der Waals surface area contributed by atoms with E-state index in [4.69, 9.17) is 40.5 Å². The molecular weight excluding hydrogens is 462 g/mol.